The minimum Gasteiger partial charge on any atom is -0.370 e. The zero-order valence-electron chi connectivity index (χ0n) is 10.7. The molecule has 0 amide bonds. The molecule has 0 radical (unpaired) electrons. The number of hydrogen-bond donors (Lipinski definition) is 2. The largest absolute Gasteiger partial charge is 0.370 e. The van der Waals surface area contributed by atoms with Gasteiger partial charge in [-0.1, -0.05) is 49.8 Å². The van der Waals surface area contributed by atoms with Gasteiger partial charge in [-0.25, -0.2) is 4.99 Å². The van der Waals surface area contributed by atoms with E-state index in [-0.39, 0.29) is 0 Å². The number of nitrogens with zero attached hydrogens (tertiary/aromatic N) is 1. The van der Waals surface area contributed by atoms with Gasteiger partial charge in [-0.05, 0) is 24.0 Å². The molecule has 0 atom stereocenters. The van der Waals surface area contributed by atoms with Gasteiger partial charge < -0.3 is 11.1 Å². The molecule has 1 saturated carbocycles. The lowest BCUT2D eigenvalue weighted by atomic mass is 10.1. The van der Waals surface area contributed by atoms with Gasteiger partial charge in [0, 0.05) is 6.04 Å². The third-order valence-corrected chi connectivity index (χ3v) is 3.33. The van der Waals surface area contributed by atoms with E-state index >= 15 is 0 Å². The summed E-state index contributed by atoms with van der Waals surface area (Å²) in [5, 5.41) is 3.27. The lowest BCUT2D eigenvalue weighted by Crippen LogP contribution is -2.38. The Kier molecular flexibility index (Phi) is 4.40. The summed E-state index contributed by atoms with van der Waals surface area (Å²) < 4.78 is 0. The number of hydrogen-bond acceptors (Lipinski definition) is 1. The summed E-state index contributed by atoms with van der Waals surface area (Å²) in [6, 6.07) is 10.6. The second-order valence-corrected chi connectivity index (χ2v) is 4.80. The van der Waals surface area contributed by atoms with Crippen molar-refractivity contribution in [1.29, 1.82) is 0 Å². The van der Waals surface area contributed by atoms with Crippen LogP contribution in [0.25, 0.3) is 5.57 Å². The Morgan fingerprint density at radius 2 is 1.94 bits per heavy atom. The molecule has 1 aromatic rings. The normalized spacial score (nSPS) is 16.8. The van der Waals surface area contributed by atoms with Crippen molar-refractivity contribution >= 4 is 11.5 Å². The van der Waals surface area contributed by atoms with Crippen molar-refractivity contribution in [3.63, 3.8) is 0 Å². The van der Waals surface area contributed by atoms with E-state index in [9.17, 15) is 0 Å². The smallest absolute Gasteiger partial charge is 0.189 e. The van der Waals surface area contributed by atoms with Gasteiger partial charge in [-0.15, -0.1) is 0 Å². The zero-order valence-corrected chi connectivity index (χ0v) is 10.7. The summed E-state index contributed by atoms with van der Waals surface area (Å²) >= 11 is 0. The van der Waals surface area contributed by atoms with E-state index in [0.29, 0.717) is 18.5 Å². The van der Waals surface area contributed by atoms with Crippen molar-refractivity contribution in [2.24, 2.45) is 10.7 Å². The predicted molar refractivity (Wildman–Crippen MR) is 77.4 cm³/mol. The molecule has 3 heteroatoms. The molecule has 3 N–H and O–H groups in total. The Hall–Kier alpha value is -1.77. The number of nitrogens with one attached hydrogen (secondary N) is 1. The first kappa shape index (κ1) is 12.7. The summed E-state index contributed by atoms with van der Waals surface area (Å²) in [6.45, 7) is 4.59. The van der Waals surface area contributed by atoms with Crippen LogP contribution in [0.2, 0.25) is 0 Å². The molecule has 96 valence electrons. The molecule has 1 aliphatic carbocycles. The molecule has 0 unspecified atom stereocenters. The van der Waals surface area contributed by atoms with E-state index in [1.807, 2.05) is 30.3 Å². The van der Waals surface area contributed by atoms with E-state index in [4.69, 9.17) is 5.73 Å². The highest BCUT2D eigenvalue weighted by Gasteiger charge is 2.14. The minimum atomic E-state index is 0.513. The molecule has 0 aromatic heterocycles. The molecule has 3 nitrogen and oxygen atoms in total. The second kappa shape index (κ2) is 6.24. The van der Waals surface area contributed by atoms with Crippen LogP contribution in [0.3, 0.4) is 0 Å². The first-order valence-corrected chi connectivity index (χ1v) is 6.55. The molecule has 0 bridgehead atoms. The first-order chi connectivity index (χ1) is 8.75. The standard InChI is InChI=1S/C15H21N3/c1-12(13-7-3-2-4-8-13)11-17-15(16)18-14-9-5-6-10-14/h2-4,7-8,14H,1,5-6,9-11H2,(H3,16,17,18). The fourth-order valence-electron chi connectivity index (χ4n) is 2.27. The minimum absolute atomic E-state index is 0.513. The fraction of sp³-hybridized carbons (Fsp3) is 0.400. The summed E-state index contributed by atoms with van der Waals surface area (Å²) in [5.74, 6) is 0.541. The van der Waals surface area contributed by atoms with Crippen molar-refractivity contribution < 1.29 is 0 Å². The predicted octanol–water partition coefficient (Wildman–Crippen LogP) is 2.55. The summed E-state index contributed by atoms with van der Waals surface area (Å²) in [6.07, 6.45) is 5.00. The topological polar surface area (TPSA) is 50.4 Å². The molecule has 1 aliphatic rings. The molecular weight excluding hydrogens is 222 g/mol. The van der Waals surface area contributed by atoms with Gasteiger partial charge in [0.2, 0.25) is 0 Å². The van der Waals surface area contributed by atoms with Gasteiger partial charge in [-0.2, -0.15) is 0 Å². The lowest BCUT2D eigenvalue weighted by Gasteiger charge is -2.12. The monoisotopic (exact) mass is 243 g/mol. The Bertz CT molecular complexity index is 417. The maximum atomic E-state index is 5.88. The van der Waals surface area contributed by atoms with Gasteiger partial charge >= 0.3 is 0 Å². The number of guanidine groups is 1. The van der Waals surface area contributed by atoms with Crippen molar-refractivity contribution in [3.8, 4) is 0 Å². The number of benzene rings is 1. The number of rotatable bonds is 4. The van der Waals surface area contributed by atoms with Crippen LogP contribution >= 0.6 is 0 Å². The SMILES string of the molecule is C=C(CN=C(N)NC1CCCC1)c1ccccc1. The Morgan fingerprint density at radius 3 is 2.61 bits per heavy atom. The Balaban J connectivity index is 1.84. The van der Waals surface area contributed by atoms with Crippen LogP contribution in [-0.2, 0) is 0 Å². The van der Waals surface area contributed by atoms with Crippen LogP contribution in [0, 0.1) is 0 Å². The molecule has 0 saturated heterocycles. The van der Waals surface area contributed by atoms with E-state index < -0.39 is 0 Å². The van der Waals surface area contributed by atoms with Crippen molar-refractivity contribution in [1.82, 2.24) is 5.32 Å². The third kappa shape index (κ3) is 3.62. The van der Waals surface area contributed by atoms with E-state index in [2.05, 4.69) is 16.9 Å². The molecule has 2 rings (SSSR count). The molecular formula is C15H21N3. The third-order valence-electron chi connectivity index (χ3n) is 3.33. The maximum Gasteiger partial charge on any atom is 0.189 e. The summed E-state index contributed by atoms with van der Waals surface area (Å²) in [5.41, 5.74) is 7.99. The Morgan fingerprint density at radius 1 is 1.28 bits per heavy atom. The molecule has 1 aromatic carbocycles. The van der Waals surface area contributed by atoms with Gasteiger partial charge in [0.1, 0.15) is 0 Å². The van der Waals surface area contributed by atoms with Crippen LogP contribution in [0.4, 0.5) is 0 Å². The molecule has 1 fully saturated rings. The quantitative estimate of drug-likeness (QED) is 0.630. The van der Waals surface area contributed by atoms with Gasteiger partial charge in [0.15, 0.2) is 5.96 Å². The lowest BCUT2D eigenvalue weighted by molar-refractivity contribution is 0.626. The van der Waals surface area contributed by atoms with E-state index in [1.54, 1.807) is 0 Å². The van der Waals surface area contributed by atoms with Crippen LogP contribution in [-0.4, -0.2) is 18.5 Å². The highest BCUT2D eigenvalue weighted by atomic mass is 15.1. The van der Waals surface area contributed by atoms with Gasteiger partial charge in [0.05, 0.1) is 6.54 Å². The van der Waals surface area contributed by atoms with E-state index in [1.165, 1.54) is 25.7 Å². The van der Waals surface area contributed by atoms with Crippen molar-refractivity contribution in [3.05, 3.63) is 42.5 Å². The van der Waals surface area contributed by atoms with Crippen molar-refractivity contribution in [2.45, 2.75) is 31.7 Å². The fourth-order valence-corrected chi connectivity index (χ4v) is 2.27. The van der Waals surface area contributed by atoms with Crippen LogP contribution in [0.15, 0.2) is 41.9 Å². The number of nitrogens with two attached hydrogens (primary N) is 1. The van der Waals surface area contributed by atoms with Gasteiger partial charge in [-0.3, -0.25) is 0 Å². The summed E-state index contributed by atoms with van der Waals surface area (Å²) in [7, 11) is 0. The molecule has 0 heterocycles. The van der Waals surface area contributed by atoms with Crippen LogP contribution < -0.4 is 11.1 Å². The zero-order chi connectivity index (χ0) is 12.8. The molecule has 0 aliphatic heterocycles. The van der Waals surface area contributed by atoms with Gasteiger partial charge in [0.25, 0.3) is 0 Å². The van der Waals surface area contributed by atoms with Crippen LogP contribution in [0.5, 0.6) is 0 Å². The van der Waals surface area contributed by atoms with Crippen molar-refractivity contribution in [2.75, 3.05) is 6.54 Å². The maximum absolute atomic E-state index is 5.88. The number of aliphatic imine (C=N–C) groups is 1. The van der Waals surface area contributed by atoms with Crippen LogP contribution in [0.1, 0.15) is 31.2 Å². The average molecular weight is 243 g/mol. The first-order valence-electron chi connectivity index (χ1n) is 6.55. The highest BCUT2D eigenvalue weighted by Crippen LogP contribution is 2.17. The molecule has 18 heavy (non-hydrogen) atoms. The second-order valence-electron chi connectivity index (χ2n) is 4.80. The van der Waals surface area contributed by atoms with E-state index in [0.717, 1.165) is 11.1 Å². The summed E-state index contributed by atoms with van der Waals surface area (Å²) in [4.78, 5) is 4.35. The average Bonchev–Trinajstić information content (AvgIpc) is 2.90. The molecule has 0 spiro atoms. The Labute approximate surface area is 109 Å². The highest BCUT2D eigenvalue weighted by molar-refractivity contribution is 5.79.